The summed E-state index contributed by atoms with van der Waals surface area (Å²) in [6.07, 6.45) is 17.9. The number of aryl methyl sites for hydroxylation is 1. The highest BCUT2D eigenvalue weighted by Crippen LogP contribution is 2.14. The van der Waals surface area contributed by atoms with Gasteiger partial charge in [-0.15, -0.1) is 5.10 Å². The van der Waals surface area contributed by atoms with E-state index in [2.05, 4.69) is 41.9 Å². The predicted octanol–water partition coefficient (Wildman–Crippen LogP) is 1.85. The summed E-state index contributed by atoms with van der Waals surface area (Å²) in [5, 5.41) is 51.7. The van der Waals surface area contributed by atoms with E-state index in [4.69, 9.17) is 30.5 Å². The van der Waals surface area contributed by atoms with Gasteiger partial charge in [0.1, 0.15) is 24.5 Å². The topological polar surface area (TPSA) is 348 Å². The molecule has 0 saturated heterocycles. The minimum absolute atomic E-state index is 0.00573. The molecule has 5 amide bonds. The van der Waals surface area contributed by atoms with E-state index in [1.165, 1.54) is 69.6 Å². The molecule has 382 valence electrons. The predicted molar refractivity (Wildman–Crippen MR) is 244 cm³/mol. The number of aromatic amines is 1. The maximum atomic E-state index is 13.3. The minimum Gasteiger partial charge on any atom is -0.481 e. The summed E-state index contributed by atoms with van der Waals surface area (Å²) in [5.41, 5.74) is 5.54. The quantitative estimate of drug-likeness (QED) is 0.0421. The molecule has 67 heavy (non-hydrogen) atoms. The number of aromatic nitrogens is 4. The fourth-order valence-corrected chi connectivity index (χ4v) is 7.07. The van der Waals surface area contributed by atoms with E-state index in [-0.39, 0.29) is 70.4 Å². The molecule has 3 atom stereocenters. The molecule has 1 rings (SSSR count). The standard InChI is InChI=1S/C44H78N10O13/c1-33(29-39(57)58)43(64)49-35(20-16-18-25-54(30-40(59)60)31-41(61)62)44(65)48-34(42(45)63)19-15-17-23-46-38(56)32-67-28-27-66-26-24-47-37(55)22-14-12-10-8-6-4-2-3-5-7-9-11-13-21-36-50-52-53-51-36/h33-35H,2-32H2,1H3,(H2,45,63)(H,46,56)(H,47,55)(H,48,65)(H,49,64)(H,57,58)(H,59,60)(H,61,62)(H,50,51,52,53)/t33-,34-,35-/m0/s1. The summed E-state index contributed by atoms with van der Waals surface area (Å²) < 4.78 is 10.8. The Morgan fingerprint density at radius 2 is 1.18 bits per heavy atom. The van der Waals surface area contributed by atoms with E-state index in [0.29, 0.717) is 32.4 Å². The third kappa shape index (κ3) is 34.7. The molecule has 0 bridgehead atoms. The average Bonchev–Trinajstić information content (AvgIpc) is 3.79. The molecule has 1 aromatic rings. The molecular weight excluding hydrogens is 877 g/mol. The number of carboxylic acid groups (broad SMARTS) is 3. The number of nitrogens with two attached hydrogens (primary N) is 1. The van der Waals surface area contributed by atoms with Gasteiger partial charge in [0.25, 0.3) is 0 Å². The number of H-pyrrole nitrogens is 1. The number of tetrazole rings is 1. The summed E-state index contributed by atoms with van der Waals surface area (Å²) in [7, 11) is 0. The van der Waals surface area contributed by atoms with Crippen molar-refractivity contribution >= 4 is 47.4 Å². The zero-order valence-electron chi connectivity index (χ0n) is 39.4. The molecule has 0 spiro atoms. The number of carboxylic acids is 3. The number of nitrogens with one attached hydrogen (secondary N) is 5. The Labute approximate surface area is 393 Å². The highest BCUT2D eigenvalue weighted by Gasteiger charge is 2.28. The molecule has 1 aromatic heterocycles. The molecule has 0 aliphatic heterocycles. The van der Waals surface area contributed by atoms with Crippen molar-refractivity contribution in [2.75, 3.05) is 59.2 Å². The van der Waals surface area contributed by atoms with Crippen molar-refractivity contribution in [3.8, 4) is 0 Å². The SMILES string of the molecule is C[C@@H](CC(=O)O)C(=O)N[C@@H](CCCCN(CC(=O)O)CC(=O)O)C(=O)N[C@@H](CCCCNC(=O)COCCOCCNC(=O)CCCCCCCCCCCCCCCc1nnn[nH]1)C(N)=O. The number of unbranched alkanes of at least 4 members (excludes halogenated alkanes) is 14. The van der Waals surface area contributed by atoms with Crippen LogP contribution in [0.2, 0.25) is 0 Å². The lowest BCUT2D eigenvalue weighted by molar-refractivity contribution is -0.142. The van der Waals surface area contributed by atoms with Gasteiger partial charge in [-0.25, -0.2) is 5.10 Å². The number of primary amides is 1. The normalized spacial score (nSPS) is 12.5. The monoisotopic (exact) mass is 955 g/mol. The Kier molecular flexibility index (Phi) is 34.6. The van der Waals surface area contributed by atoms with Gasteiger partial charge in [0.05, 0.1) is 39.3 Å². The molecule has 1 heterocycles. The van der Waals surface area contributed by atoms with Gasteiger partial charge in [0.2, 0.25) is 29.5 Å². The lowest BCUT2D eigenvalue weighted by Crippen LogP contribution is -2.53. The van der Waals surface area contributed by atoms with Crippen LogP contribution in [0.25, 0.3) is 0 Å². The van der Waals surface area contributed by atoms with E-state index >= 15 is 0 Å². The first-order chi connectivity index (χ1) is 32.2. The summed E-state index contributed by atoms with van der Waals surface area (Å²) in [6, 6.07) is -2.32. The van der Waals surface area contributed by atoms with Crippen LogP contribution in [-0.4, -0.2) is 160 Å². The number of nitrogens with zero attached hydrogens (tertiary/aromatic N) is 4. The zero-order valence-corrected chi connectivity index (χ0v) is 39.4. The molecule has 0 aliphatic rings. The number of rotatable bonds is 45. The largest absolute Gasteiger partial charge is 0.481 e. The Morgan fingerprint density at radius 1 is 0.627 bits per heavy atom. The van der Waals surface area contributed by atoms with Gasteiger partial charge in [0.15, 0.2) is 0 Å². The molecular formula is C44H78N10O13. The molecule has 0 aromatic carbocycles. The highest BCUT2D eigenvalue weighted by molar-refractivity contribution is 5.92. The van der Waals surface area contributed by atoms with Crippen LogP contribution < -0.4 is 27.0 Å². The van der Waals surface area contributed by atoms with E-state index in [0.717, 1.165) is 37.9 Å². The second-order valence-corrected chi connectivity index (χ2v) is 16.8. The molecule has 0 radical (unpaired) electrons. The maximum Gasteiger partial charge on any atom is 0.317 e. The zero-order chi connectivity index (χ0) is 49.5. The molecule has 23 heteroatoms. The third-order valence-corrected chi connectivity index (χ3v) is 10.8. The van der Waals surface area contributed by atoms with Crippen LogP contribution in [0.4, 0.5) is 0 Å². The van der Waals surface area contributed by atoms with Crippen LogP contribution in [0, 0.1) is 5.92 Å². The molecule has 0 unspecified atom stereocenters. The van der Waals surface area contributed by atoms with Crippen molar-refractivity contribution in [2.45, 2.75) is 160 Å². The van der Waals surface area contributed by atoms with Crippen molar-refractivity contribution in [1.29, 1.82) is 0 Å². The minimum atomic E-state index is -1.21. The van der Waals surface area contributed by atoms with E-state index in [9.17, 15) is 38.4 Å². The van der Waals surface area contributed by atoms with Gasteiger partial charge in [-0.3, -0.25) is 43.3 Å². The van der Waals surface area contributed by atoms with Gasteiger partial charge >= 0.3 is 17.9 Å². The first-order valence-electron chi connectivity index (χ1n) is 23.9. The van der Waals surface area contributed by atoms with Crippen molar-refractivity contribution in [3.05, 3.63) is 5.82 Å². The number of carbonyl (C=O) groups is 8. The van der Waals surface area contributed by atoms with Crippen molar-refractivity contribution in [3.63, 3.8) is 0 Å². The van der Waals surface area contributed by atoms with Crippen LogP contribution in [0.3, 0.4) is 0 Å². The van der Waals surface area contributed by atoms with E-state index < -0.39 is 73.1 Å². The fourth-order valence-electron chi connectivity index (χ4n) is 7.07. The first-order valence-corrected chi connectivity index (χ1v) is 23.9. The van der Waals surface area contributed by atoms with Gasteiger partial charge in [-0.1, -0.05) is 77.6 Å². The van der Waals surface area contributed by atoms with E-state index in [1.54, 1.807) is 0 Å². The Morgan fingerprint density at radius 3 is 1.76 bits per heavy atom. The van der Waals surface area contributed by atoms with Crippen LogP contribution in [0.5, 0.6) is 0 Å². The smallest absolute Gasteiger partial charge is 0.317 e. The second kappa shape index (κ2) is 38.8. The average molecular weight is 955 g/mol. The van der Waals surface area contributed by atoms with Crippen molar-refractivity contribution in [2.24, 2.45) is 11.7 Å². The van der Waals surface area contributed by atoms with Gasteiger partial charge in [0, 0.05) is 31.8 Å². The second-order valence-electron chi connectivity index (χ2n) is 16.8. The molecule has 0 saturated carbocycles. The van der Waals surface area contributed by atoms with Crippen LogP contribution in [0.15, 0.2) is 0 Å². The number of hydrogen-bond donors (Lipinski definition) is 9. The lowest BCUT2D eigenvalue weighted by Gasteiger charge is -2.24. The number of carbonyl (C=O) groups excluding carboxylic acids is 5. The molecule has 0 fully saturated rings. The number of hydrogen-bond acceptors (Lipinski definition) is 14. The van der Waals surface area contributed by atoms with Crippen LogP contribution >= 0.6 is 0 Å². The Bertz CT molecular complexity index is 1550. The van der Waals surface area contributed by atoms with Crippen LogP contribution in [-0.2, 0) is 54.3 Å². The van der Waals surface area contributed by atoms with Gasteiger partial charge in [-0.2, -0.15) is 0 Å². The number of ether oxygens (including phenoxy) is 2. The maximum absolute atomic E-state index is 13.3. The summed E-state index contributed by atoms with van der Waals surface area (Å²) >= 11 is 0. The fraction of sp³-hybridized carbons (Fsp3) is 0.795. The Balaban J connectivity index is 2.15. The van der Waals surface area contributed by atoms with Crippen LogP contribution in [0.1, 0.15) is 148 Å². The first kappa shape index (κ1) is 59.7. The third-order valence-electron chi connectivity index (χ3n) is 10.8. The van der Waals surface area contributed by atoms with Crippen molar-refractivity contribution in [1.82, 2.24) is 46.8 Å². The van der Waals surface area contributed by atoms with E-state index in [1.807, 2.05) is 0 Å². The lowest BCUT2D eigenvalue weighted by atomic mass is 10.0. The number of amides is 5. The highest BCUT2D eigenvalue weighted by atomic mass is 16.5. The summed E-state index contributed by atoms with van der Waals surface area (Å²) in [6.45, 7) is 1.65. The molecule has 23 nitrogen and oxygen atoms in total. The molecule has 10 N–H and O–H groups in total. The molecule has 0 aliphatic carbocycles. The Hall–Kier alpha value is -5.29. The number of aliphatic carboxylic acids is 3. The van der Waals surface area contributed by atoms with Gasteiger partial charge in [-0.05, 0) is 68.3 Å². The summed E-state index contributed by atoms with van der Waals surface area (Å²) in [5.74, 6) is -6.38. The van der Waals surface area contributed by atoms with Crippen molar-refractivity contribution < 1.29 is 63.1 Å². The van der Waals surface area contributed by atoms with Gasteiger partial charge < -0.3 is 51.8 Å². The summed E-state index contributed by atoms with van der Waals surface area (Å²) in [4.78, 5) is 97.1.